The smallest absolute Gasteiger partial charge is 0.356 e. The number of benzene rings is 2. The molecule has 27 heavy (non-hydrogen) atoms. The van der Waals surface area contributed by atoms with Gasteiger partial charge >= 0.3 is 5.97 Å². The summed E-state index contributed by atoms with van der Waals surface area (Å²) in [5.74, 6) is 2.60. The van der Waals surface area contributed by atoms with Gasteiger partial charge in [0.25, 0.3) is 0 Å². The summed E-state index contributed by atoms with van der Waals surface area (Å²) in [6.45, 7) is 0.181. The average Bonchev–Trinajstić information content (AvgIpc) is 3.09. The molecule has 1 N–H and O–H groups in total. The summed E-state index contributed by atoms with van der Waals surface area (Å²) in [6.07, 6.45) is 5.27. The Balaban J connectivity index is 1.98. The highest BCUT2D eigenvalue weighted by Crippen LogP contribution is 2.33. The molecule has 2 heterocycles. The lowest BCUT2D eigenvalue weighted by molar-refractivity contribution is 0.0594. The molecule has 0 saturated carbocycles. The minimum absolute atomic E-state index is 0.181. The van der Waals surface area contributed by atoms with Crippen molar-refractivity contribution >= 4 is 27.8 Å². The highest BCUT2D eigenvalue weighted by Gasteiger charge is 2.17. The molecule has 0 amide bonds. The molecule has 0 unspecified atom stereocenters. The number of carbonyl (C=O) groups is 1. The Morgan fingerprint density at radius 2 is 2.00 bits per heavy atom. The number of terminal acetylenes is 1. The van der Waals surface area contributed by atoms with Crippen LogP contribution in [0.25, 0.3) is 33.1 Å². The van der Waals surface area contributed by atoms with Crippen molar-refractivity contribution in [2.45, 2.75) is 0 Å². The number of ether oxygens (including phenoxy) is 2. The first-order chi connectivity index (χ1) is 13.2. The van der Waals surface area contributed by atoms with Crippen LogP contribution in [0.1, 0.15) is 10.5 Å². The monoisotopic (exact) mass is 356 g/mol. The van der Waals surface area contributed by atoms with E-state index < -0.39 is 5.97 Å². The quantitative estimate of drug-likeness (QED) is 0.440. The third-order valence-corrected chi connectivity index (χ3v) is 4.32. The maximum Gasteiger partial charge on any atom is 0.356 e. The second kappa shape index (κ2) is 6.85. The van der Waals surface area contributed by atoms with Crippen molar-refractivity contribution in [3.63, 3.8) is 0 Å². The predicted octanol–water partition coefficient (Wildman–Crippen LogP) is 4.18. The van der Waals surface area contributed by atoms with Gasteiger partial charge in [-0.2, -0.15) is 0 Å². The number of hydrogen-bond acceptors (Lipinski definition) is 4. The molecular formula is C22H16N2O3. The Labute approximate surface area is 155 Å². The SMILES string of the molecule is C#CCOc1cccc(-c2nc(C(=O)OC)cc3c2[nH]c2ccccc23)c1. The van der Waals surface area contributed by atoms with E-state index in [1.165, 1.54) is 7.11 Å². The Morgan fingerprint density at radius 3 is 2.81 bits per heavy atom. The third kappa shape index (κ3) is 2.98. The molecule has 0 fully saturated rings. The minimum atomic E-state index is -0.483. The van der Waals surface area contributed by atoms with Gasteiger partial charge in [-0.1, -0.05) is 36.3 Å². The van der Waals surface area contributed by atoms with Gasteiger partial charge in [0.2, 0.25) is 0 Å². The van der Waals surface area contributed by atoms with Gasteiger partial charge in [0.1, 0.15) is 18.1 Å². The van der Waals surface area contributed by atoms with Crippen LogP contribution in [0.5, 0.6) is 5.75 Å². The first-order valence-corrected chi connectivity index (χ1v) is 8.37. The summed E-state index contributed by atoms with van der Waals surface area (Å²) in [5.41, 5.74) is 3.53. The zero-order valence-corrected chi connectivity index (χ0v) is 14.7. The largest absolute Gasteiger partial charge is 0.481 e. The summed E-state index contributed by atoms with van der Waals surface area (Å²) < 4.78 is 10.4. The van der Waals surface area contributed by atoms with Crippen molar-refractivity contribution in [2.75, 3.05) is 13.7 Å². The number of H-pyrrole nitrogens is 1. The zero-order chi connectivity index (χ0) is 18.8. The van der Waals surface area contributed by atoms with Gasteiger partial charge in [-0.3, -0.25) is 0 Å². The van der Waals surface area contributed by atoms with Crippen molar-refractivity contribution in [3.05, 3.63) is 60.3 Å². The summed E-state index contributed by atoms with van der Waals surface area (Å²) in [6, 6.07) is 17.1. The molecule has 132 valence electrons. The Morgan fingerprint density at radius 1 is 1.15 bits per heavy atom. The summed E-state index contributed by atoms with van der Waals surface area (Å²) in [5, 5.41) is 1.92. The topological polar surface area (TPSA) is 64.2 Å². The lowest BCUT2D eigenvalue weighted by atomic mass is 10.1. The van der Waals surface area contributed by atoms with Crippen molar-refractivity contribution < 1.29 is 14.3 Å². The number of esters is 1. The second-order valence-electron chi connectivity index (χ2n) is 5.96. The number of pyridine rings is 1. The van der Waals surface area contributed by atoms with Gasteiger partial charge in [0.15, 0.2) is 0 Å². The molecule has 5 heteroatoms. The number of fused-ring (bicyclic) bond motifs is 3. The van der Waals surface area contributed by atoms with E-state index >= 15 is 0 Å². The number of nitrogens with zero attached hydrogens (tertiary/aromatic N) is 1. The number of aromatic amines is 1. The Kier molecular flexibility index (Phi) is 4.23. The molecule has 0 aliphatic carbocycles. The summed E-state index contributed by atoms with van der Waals surface area (Å²) in [7, 11) is 1.34. The molecule has 0 saturated heterocycles. The molecule has 2 aromatic carbocycles. The van der Waals surface area contributed by atoms with Crippen LogP contribution in [0.2, 0.25) is 0 Å². The Hall–Kier alpha value is -3.78. The van der Waals surface area contributed by atoms with E-state index in [-0.39, 0.29) is 12.3 Å². The highest BCUT2D eigenvalue weighted by atomic mass is 16.5. The Bertz CT molecular complexity index is 1200. The molecule has 4 rings (SSSR count). The third-order valence-electron chi connectivity index (χ3n) is 4.32. The molecule has 2 aromatic heterocycles. The fourth-order valence-electron chi connectivity index (χ4n) is 3.12. The molecule has 0 spiro atoms. The van der Waals surface area contributed by atoms with E-state index in [4.69, 9.17) is 15.9 Å². The zero-order valence-electron chi connectivity index (χ0n) is 14.7. The lowest BCUT2D eigenvalue weighted by Crippen LogP contribution is -2.05. The fourth-order valence-corrected chi connectivity index (χ4v) is 3.12. The molecule has 0 radical (unpaired) electrons. The first kappa shape index (κ1) is 16.7. The molecule has 0 atom stereocenters. The number of methoxy groups -OCH3 is 1. The summed E-state index contributed by atoms with van der Waals surface area (Å²) in [4.78, 5) is 20.1. The summed E-state index contributed by atoms with van der Waals surface area (Å²) >= 11 is 0. The first-order valence-electron chi connectivity index (χ1n) is 8.37. The number of para-hydroxylation sites is 1. The number of hydrogen-bond donors (Lipinski definition) is 1. The predicted molar refractivity (Wildman–Crippen MR) is 105 cm³/mol. The molecular weight excluding hydrogens is 340 g/mol. The maximum absolute atomic E-state index is 12.2. The van der Waals surface area contributed by atoms with Crippen LogP contribution in [0.4, 0.5) is 0 Å². The van der Waals surface area contributed by atoms with Crippen molar-refractivity contribution in [3.8, 4) is 29.4 Å². The lowest BCUT2D eigenvalue weighted by Gasteiger charge is -2.08. The van der Waals surface area contributed by atoms with Crippen LogP contribution in [0.3, 0.4) is 0 Å². The average molecular weight is 356 g/mol. The normalized spacial score (nSPS) is 10.7. The van der Waals surface area contributed by atoms with Crippen LogP contribution in [-0.4, -0.2) is 29.7 Å². The van der Waals surface area contributed by atoms with Crippen molar-refractivity contribution in [1.29, 1.82) is 0 Å². The maximum atomic E-state index is 12.2. The standard InChI is InChI=1S/C22H16N2O3/c1-3-11-27-15-8-6-7-14(12-15)20-21-17(13-19(24-20)22(25)26-2)16-9-4-5-10-18(16)23-21/h1,4-10,12-13,23H,11H2,2H3. The van der Waals surface area contributed by atoms with Gasteiger partial charge in [0.05, 0.1) is 18.3 Å². The van der Waals surface area contributed by atoms with Gasteiger partial charge in [-0.15, -0.1) is 6.42 Å². The molecule has 0 bridgehead atoms. The fraction of sp³-hybridized carbons (Fsp3) is 0.0909. The van der Waals surface area contributed by atoms with Gasteiger partial charge in [-0.05, 0) is 24.3 Å². The highest BCUT2D eigenvalue weighted by molar-refractivity contribution is 6.12. The second-order valence-corrected chi connectivity index (χ2v) is 5.96. The van der Waals surface area contributed by atoms with Crippen LogP contribution in [0, 0.1) is 12.3 Å². The van der Waals surface area contributed by atoms with Gasteiger partial charge in [0, 0.05) is 21.9 Å². The number of nitrogens with one attached hydrogen (secondary N) is 1. The van der Waals surface area contributed by atoms with Crippen molar-refractivity contribution in [1.82, 2.24) is 9.97 Å². The van der Waals surface area contributed by atoms with Crippen LogP contribution in [-0.2, 0) is 4.74 Å². The minimum Gasteiger partial charge on any atom is -0.481 e. The van der Waals surface area contributed by atoms with Crippen LogP contribution >= 0.6 is 0 Å². The van der Waals surface area contributed by atoms with E-state index in [1.54, 1.807) is 6.07 Å². The van der Waals surface area contributed by atoms with Crippen LogP contribution < -0.4 is 4.74 Å². The van der Waals surface area contributed by atoms with Gasteiger partial charge in [-0.25, -0.2) is 9.78 Å². The van der Waals surface area contributed by atoms with E-state index in [2.05, 4.69) is 15.9 Å². The molecule has 0 aliphatic heterocycles. The van der Waals surface area contributed by atoms with E-state index in [1.807, 2.05) is 48.5 Å². The number of carbonyl (C=O) groups excluding carboxylic acids is 1. The number of rotatable bonds is 4. The van der Waals surface area contributed by atoms with Crippen molar-refractivity contribution in [2.24, 2.45) is 0 Å². The molecule has 5 nitrogen and oxygen atoms in total. The van der Waals surface area contributed by atoms with E-state index in [9.17, 15) is 4.79 Å². The van der Waals surface area contributed by atoms with E-state index in [0.717, 1.165) is 27.4 Å². The van der Waals surface area contributed by atoms with Gasteiger partial charge < -0.3 is 14.5 Å². The molecule has 0 aliphatic rings. The molecule has 4 aromatic rings. The van der Waals surface area contributed by atoms with Crippen LogP contribution in [0.15, 0.2) is 54.6 Å². The van der Waals surface area contributed by atoms with E-state index in [0.29, 0.717) is 11.4 Å². The number of aromatic nitrogens is 2.